The van der Waals surface area contributed by atoms with E-state index in [0.717, 1.165) is 37.1 Å². The van der Waals surface area contributed by atoms with Crippen molar-refractivity contribution in [3.63, 3.8) is 0 Å². The Hall–Kier alpha value is -3.48. The third-order valence-electron chi connectivity index (χ3n) is 5.74. The molecule has 1 fully saturated rings. The van der Waals surface area contributed by atoms with Crippen molar-refractivity contribution in [2.45, 2.75) is 32.6 Å². The molecular formula is C24H26N4O3. The second-order valence-electron chi connectivity index (χ2n) is 7.82. The molecule has 0 N–H and O–H groups in total. The molecule has 1 saturated heterocycles. The number of piperidine rings is 1. The van der Waals surface area contributed by atoms with Gasteiger partial charge in [-0.3, -0.25) is 10.1 Å². The maximum Gasteiger partial charge on any atom is 0.373 e. The van der Waals surface area contributed by atoms with Gasteiger partial charge in [0.2, 0.25) is 5.82 Å². The quantitative estimate of drug-likeness (QED) is 0.353. The van der Waals surface area contributed by atoms with Crippen LogP contribution >= 0.6 is 0 Å². The molecule has 0 radical (unpaired) electrons. The van der Waals surface area contributed by atoms with E-state index in [1.807, 2.05) is 47.4 Å². The number of benzene rings is 2. The fourth-order valence-corrected chi connectivity index (χ4v) is 4.12. The lowest BCUT2D eigenvalue weighted by atomic mass is 9.92. The van der Waals surface area contributed by atoms with Gasteiger partial charge in [-0.2, -0.15) is 4.98 Å². The van der Waals surface area contributed by atoms with Gasteiger partial charge in [-0.15, -0.1) is 0 Å². The maximum absolute atomic E-state index is 11.9. The van der Waals surface area contributed by atoms with Crippen LogP contribution in [0.15, 0.2) is 60.9 Å². The summed E-state index contributed by atoms with van der Waals surface area (Å²) in [5.41, 5.74) is 1.96. The molecule has 3 aromatic rings. The first-order valence-electron chi connectivity index (χ1n) is 10.7. The summed E-state index contributed by atoms with van der Waals surface area (Å²) in [5, 5.41) is 11.9. The topological polar surface area (TPSA) is 81.4 Å². The summed E-state index contributed by atoms with van der Waals surface area (Å²) >= 11 is 0. The Bertz CT molecular complexity index is 1020. The van der Waals surface area contributed by atoms with Gasteiger partial charge in [-0.05, 0) is 42.0 Å². The van der Waals surface area contributed by atoms with Gasteiger partial charge < -0.3 is 9.64 Å². The first-order valence-corrected chi connectivity index (χ1v) is 10.7. The predicted octanol–water partition coefficient (Wildman–Crippen LogP) is 5.86. The van der Waals surface area contributed by atoms with Gasteiger partial charge in [0.1, 0.15) is 12.1 Å². The van der Waals surface area contributed by atoms with Gasteiger partial charge in [-0.1, -0.05) is 62.2 Å². The van der Waals surface area contributed by atoms with Crippen molar-refractivity contribution in [1.82, 2.24) is 9.97 Å². The highest BCUT2D eigenvalue weighted by Gasteiger charge is 2.31. The zero-order valence-corrected chi connectivity index (χ0v) is 17.6. The van der Waals surface area contributed by atoms with Gasteiger partial charge in [0.05, 0.1) is 4.92 Å². The Morgan fingerprint density at radius 3 is 2.35 bits per heavy atom. The molecule has 0 spiro atoms. The lowest BCUT2D eigenvalue weighted by Gasteiger charge is -2.32. The van der Waals surface area contributed by atoms with Crippen LogP contribution in [0.2, 0.25) is 0 Å². The van der Waals surface area contributed by atoms with Crippen molar-refractivity contribution in [3.8, 4) is 22.8 Å². The number of nitrogens with zero attached hydrogens (tertiary/aromatic N) is 4. The van der Waals surface area contributed by atoms with Crippen LogP contribution in [0, 0.1) is 16.0 Å². The highest BCUT2D eigenvalue weighted by molar-refractivity contribution is 5.65. The van der Waals surface area contributed by atoms with Crippen LogP contribution in [0.3, 0.4) is 0 Å². The van der Waals surface area contributed by atoms with Crippen LogP contribution in [0.4, 0.5) is 11.5 Å². The van der Waals surface area contributed by atoms with Gasteiger partial charge in [0.25, 0.3) is 0 Å². The maximum atomic E-state index is 11.9. The van der Waals surface area contributed by atoms with Crippen molar-refractivity contribution < 1.29 is 9.66 Å². The molecule has 0 bridgehead atoms. The molecule has 0 amide bonds. The van der Waals surface area contributed by atoms with E-state index in [9.17, 15) is 10.1 Å². The number of anilines is 1. The Kier molecular flexibility index (Phi) is 6.40. The molecule has 7 heteroatoms. The van der Waals surface area contributed by atoms with Gasteiger partial charge in [0, 0.05) is 13.1 Å². The minimum Gasteiger partial charge on any atom is -0.434 e. The third kappa shape index (κ3) is 4.82. The molecule has 0 atom stereocenters. The Morgan fingerprint density at radius 2 is 1.71 bits per heavy atom. The van der Waals surface area contributed by atoms with Crippen molar-refractivity contribution in [2.24, 2.45) is 5.92 Å². The molecule has 1 aliphatic rings. The lowest BCUT2D eigenvalue weighted by Crippen LogP contribution is -2.34. The van der Waals surface area contributed by atoms with E-state index in [4.69, 9.17) is 4.74 Å². The number of hydrogen-bond acceptors (Lipinski definition) is 6. The molecule has 4 rings (SSSR count). The summed E-state index contributed by atoms with van der Waals surface area (Å²) in [6, 6.07) is 17.4. The van der Waals surface area contributed by atoms with Crippen LogP contribution in [0.1, 0.15) is 32.6 Å². The van der Waals surface area contributed by atoms with Gasteiger partial charge >= 0.3 is 11.6 Å². The van der Waals surface area contributed by atoms with Crippen LogP contribution in [0.25, 0.3) is 11.1 Å². The highest BCUT2D eigenvalue weighted by Crippen LogP contribution is 2.38. The number of rotatable bonds is 7. The average molecular weight is 418 g/mol. The van der Waals surface area contributed by atoms with E-state index in [0.29, 0.717) is 17.5 Å². The van der Waals surface area contributed by atoms with E-state index in [1.165, 1.54) is 19.2 Å². The minimum atomic E-state index is -0.443. The fraction of sp³-hybridized carbons (Fsp3) is 0.333. The molecule has 7 nitrogen and oxygen atoms in total. The Labute approximate surface area is 181 Å². The molecule has 2 heterocycles. The summed E-state index contributed by atoms with van der Waals surface area (Å²) in [6.07, 6.45) is 5.75. The molecule has 160 valence electrons. The summed E-state index contributed by atoms with van der Waals surface area (Å²) in [6.45, 7) is 3.71. The van der Waals surface area contributed by atoms with Crippen molar-refractivity contribution >= 4 is 11.5 Å². The molecule has 0 unspecified atom stereocenters. The SMILES string of the molecule is CCCC1CCN(c2ncnc(Oc3ccc(-c4ccccc4)cc3)c2[N+](=O)[O-])CC1. The van der Waals surface area contributed by atoms with Gasteiger partial charge in [0.15, 0.2) is 0 Å². The van der Waals surface area contributed by atoms with E-state index in [1.54, 1.807) is 12.1 Å². The number of aromatic nitrogens is 2. The summed E-state index contributed by atoms with van der Waals surface area (Å²) in [7, 11) is 0. The largest absolute Gasteiger partial charge is 0.434 e. The minimum absolute atomic E-state index is 0.0295. The van der Waals surface area contributed by atoms with Crippen LogP contribution in [0.5, 0.6) is 11.6 Å². The highest BCUT2D eigenvalue weighted by atomic mass is 16.6. The molecule has 2 aromatic carbocycles. The summed E-state index contributed by atoms with van der Waals surface area (Å²) in [4.78, 5) is 21.8. The van der Waals surface area contributed by atoms with E-state index in [2.05, 4.69) is 16.9 Å². The Balaban J connectivity index is 1.55. The third-order valence-corrected chi connectivity index (χ3v) is 5.74. The normalized spacial score (nSPS) is 14.4. The molecule has 31 heavy (non-hydrogen) atoms. The summed E-state index contributed by atoms with van der Waals surface area (Å²) in [5.74, 6) is 1.49. The smallest absolute Gasteiger partial charge is 0.373 e. The second kappa shape index (κ2) is 9.55. The molecule has 0 saturated carbocycles. The van der Waals surface area contributed by atoms with E-state index >= 15 is 0 Å². The lowest BCUT2D eigenvalue weighted by molar-refractivity contribution is -0.385. The first kappa shape index (κ1) is 20.8. The molecular weight excluding hydrogens is 392 g/mol. The second-order valence-corrected chi connectivity index (χ2v) is 7.82. The van der Waals surface area contributed by atoms with Crippen molar-refractivity contribution in [3.05, 3.63) is 71.0 Å². The van der Waals surface area contributed by atoms with Crippen LogP contribution in [-0.4, -0.2) is 28.0 Å². The number of nitro groups is 1. The standard InChI is InChI=1S/C24H26N4O3/c1-2-6-18-13-15-27(16-14-18)23-22(28(29)30)24(26-17-25-23)31-21-11-9-20(10-12-21)19-7-4-3-5-8-19/h3-5,7-12,17-18H,2,6,13-16H2,1H3. The summed E-state index contributed by atoms with van der Waals surface area (Å²) < 4.78 is 5.83. The number of ether oxygens (including phenoxy) is 1. The van der Waals surface area contributed by atoms with E-state index in [-0.39, 0.29) is 11.6 Å². The Morgan fingerprint density at radius 1 is 1.03 bits per heavy atom. The zero-order chi connectivity index (χ0) is 21.6. The molecule has 1 aliphatic heterocycles. The molecule has 1 aromatic heterocycles. The number of hydrogen-bond donors (Lipinski definition) is 0. The predicted molar refractivity (Wildman–Crippen MR) is 120 cm³/mol. The first-order chi connectivity index (χ1) is 15.2. The van der Waals surface area contributed by atoms with Crippen molar-refractivity contribution in [1.29, 1.82) is 0 Å². The zero-order valence-electron chi connectivity index (χ0n) is 17.6. The van der Waals surface area contributed by atoms with E-state index < -0.39 is 4.92 Å². The van der Waals surface area contributed by atoms with Crippen LogP contribution < -0.4 is 9.64 Å². The van der Waals surface area contributed by atoms with Crippen LogP contribution in [-0.2, 0) is 0 Å². The fourth-order valence-electron chi connectivity index (χ4n) is 4.12. The monoisotopic (exact) mass is 418 g/mol. The average Bonchev–Trinajstić information content (AvgIpc) is 2.80. The van der Waals surface area contributed by atoms with Crippen molar-refractivity contribution in [2.75, 3.05) is 18.0 Å². The molecule has 0 aliphatic carbocycles. The van der Waals surface area contributed by atoms with Gasteiger partial charge in [-0.25, -0.2) is 4.98 Å².